The Kier molecular flexibility index (Phi) is 6.86. The number of amides is 5. The third-order valence-corrected chi connectivity index (χ3v) is 3.54. The van der Waals surface area contributed by atoms with Crippen LogP contribution in [-0.2, 0) is 19.1 Å². The number of rotatable bonds is 6. The number of esters is 1. The Morgan fingerprint density at radius 2 is 1.85 bits per heavy atom. The summed E-state index contributed by atoms with van der Waals surface area (Å²) in [5.74, 6) is -2.05. The zero-order valence-electron chi connectivity index (χ0n) is 14.7. The van der Waals surface area contributed by atoms with Gasteiger partial charge in [0.1, 0.15) is 0 Å². The molecule has 27 heavy (non-hydrogen) atoms. The Labute approximate surface area is 155 Å². The summed E-state index contributed by atoms with van der Waals surface area (Å²) in [5.41, 5.74) is 2.99. The number of hydrogen-bond acceptors (Lipinski definition) is 6. The van der Waals surface area contributed by atoms with Crippen molar-refractivity contribution in [2.45, 2.75) is 26.2 Å². The zero-order chi connectivity index (χ0) is 19.8. The maximum atomic E-state index is 12.0. The second-order valence-corrected chi connectivity index (χ2v) is 5.69. The smallest absolute Gasteiger partial charge is 0.338 e. The predicted octanol–water partition coefficient (Wildman–Crippen LogP) is 0.237. The van der Waals surface area contributed by atoms with E-state index in [2.05, 4.69) is 10.7 Å². The lowest BCUT2D eigenvalue weighted by Gasteiger charge is -2.27. The molecule has 0 saturated carbocycles. The van der Waals surface area contributed by atoms with E-state index in [1.807, 2.05) is 12.2 Å². The van der Waals surface area contributed by atoms with Crippen molar-refractivity contribution in [2.24, 2.45) is 0 Å². The molecule has 1 fully saturated rings. The Hall–Kier alpha value is -3.43. The van der Waals surface area contributed by atoms with E-state index >= 15 is 0 Å². The highest BCUT2D eigenvalue weighted by atomic mass is 16.5. The molecule has 3 N–H and O–H groups in total. The minimum Gasteiger partial charge on any atom is -0.452 e. The standard InChI is InChI=1S/C17H20N4O6/c1-2-9-18-17(26)19-14(23)10-27-16(25)11-3-5-12(6-4-11)21-15(24)8-7-13(22)20-21/h3-6H,2,7-10H2,1H3,(H,20,22)(H2,18,19,23,26). The van der Waals surface area contributed by atoms with Crippen LogP contribution in [0.15, 0.2) is 24.3 Å². The third kappa shape index (κ3) is 5.80. The van der Waals surface area contributed by atoms with Crippen molar-refractivity contribution in [3.05, 3.63) is 29.8 Å². The summed E-state index contributed by atoms with van der Waals surface area (Å²) < 4.78 is 4.84. The fraction of sp³-hybridized carbons (Fsp3) is 0.353. The lowest BCUT2D eigenvalue weighted by Crippen LogP contribution is -2.50. The lowest BCUT2D eigenvalue weighted by molar-refractivity contribution is -0.130. The van der Waals surface area contributed by atoms with Gasteiger partial charge in [-0.3, -0.25) is 25.1 Å². The first-order valence-corrected chi connectivity index (χ1v) is 8.38. The first-order valence-electron chi connectivity index (χ1n) is 8.38. The number of anilines is 1. The van der Waals surface area contributed by atoms with E-state index in [1.165, 1.54) is 24.3 Å². The maximum absolute atomic E-state index is 12.0. The van der Waals surface area contributed by atoms with Gasteiger partial charge in [0.05, 0.1) is 11.3 Å². The number of benzene rings is 1. The van der Waals surface area contributed by atoms with Gasteiger partial charge in [-0.25, -0.2) is 14.6 Å². The molecule has 0 atom stereocenters. The van der Waals surface area contributed by atoms with Crippen molar-refractivity contribution < 1.29 is 28.7 Å². The van der Waals surface area contributed by atoms with E-state index in [0.29, 0.717) is 12.2 Å². The summed E-state index contributed by atoms with van der Waals surface area (Å²) >= 11 is 0. The van der Waals surface area contributed by atoms with Crippen molar-refractivity contribution in [2.75, 3.05) is 18.2 Å². The summed E-state index contributed by atoms with van der Waals surface area (Å²) in [6, 6.07) is 5.08. The third-order valence-electron chi connectivity index (χ3n) is 3.54. The minimum atomic E-state index is -0.764. The van der Waals surface area contributed by atoms with Gasteiger partial charge in [-0.1, -0.05) is 6.92 Å². The second-order valence-electron chi connectivity index (χ2n) is 5.69. The van der Waals surface area contributed by atoms with Crippen LogP contribution in [0, 0.1) is 0 Å². The van der Waals surface area contributed by atoms with Crippen molar-refractivity contribution in [3.8, 4) is 0 Å². The van der Waals surface area contributed by atoms with Gasteiger partial charge in [0.15, 0.2) is 6.61 Å². The second kappa shape index (κ2) is 9.32. The number of hydrazine groups is 1. The fourth-order valence-electron chi connectivity index (χ4n) is 2.19. The van der Waals surface area contributed by atoms with Crippen LogP contribution in [0.5, 0.6) is 0 Å². The van der Waals surface area contributed by atoms with Crippen LogP contribution in [0.2, 0.25) is 0 Å². The number of imide groups is 1. The molecule has 1 heterocycles. The van der Waals surface area contributed by atoms with Gasteiger partial charge in [-0.15, -0.1) is 0 Å². The zero-order valence-corrected chi connectivity index (χ0v) is 14.7. The highest BCUT2D eigenvalue weighted by Gasteiger charge is 2.24. The number of nitrogens with zero attached hydrogens (tertiary/aromatic N) is 1. The molecule has 1 saturated heterocycles. The number of carbonyl (C=O) groups is 5. The number of ether oxygens (including phenoxy) is 1. The summed E-state index contributed by atoms with van der Waals surface area (Å²) in [4.78, 5) is 58.1. The molecule has 10 nitrogen and oxygen atoms in total. The normalized spacial score (nSPS) is 13.6. The topological polar surface area (TPSA) is 134 Å². The van der Waals surface area contributed by atoms with Crippen molar-refractivity contribution in [3.63, 3.8) is 0 Å². The Balaban J connectivity index is 1.86. The minimum absolute atomic E-state index is 0.108. The molecule has 10 heteroatoms. The van der Waals surface area contributed by atoms with Crippen LogP contribution in [-0.4, -0.2) is 42.9 Å². The van der Waals surface area contributed by atoms with Crippen LogP contribution >= 0.6 is 0 Å². The van der Waals surface area contributed by atoms with Crippen LogP contribution < -0.4 is 21.1 Å². The van der Waals surface area contributed by atoms with E-state index in [1.54, 1.807) is 0 Å². The summed E-state index contributed by atoms with van der Waals surface area (Å²) in [5, 5.41) is 5.60. The van der Waals surface area contributed by atoms with Crippen molar-refractivity contribution >= 4 is 35.4 Å². The van der Waals surface area contributed by atoms with Gasteiger partial charge in [0.2, 0.25) is 11.8 Å². The molecule has 0 spiro atoms. The SMILES string of the molecule is CCCNC(=O)NC(=O)COC(=O)c1ccc(N2NC(=O)CCC2=O)cc1. The van der Waals surface area contributed by atoms with E-state index in [-0.39, 0.29) is 30.2 Å². The van der Waals surface area contributed by atoms with Gasteiger partial charge < -0.3 is 10.1 Å². The molecular weight excluding hydrogens is 356 g/mol. The summed E-state index contributed by atoms with van der Waals surface area (Å²) in [6.45, 7) is 1.68. The molecule has 5 amide bonds. The molecule has 2 rings (SSSR count). The number of nitrogens with one attached hydrogen (secondary N) is 3. The largest absolute Gasteiger partial charge is 0.452 e. The van der Waals surface area contributed by atoms with E-state index < -0.39 is 24.5 Å². The van der Waals surface area contributed by atoms with Gasteiger partial charge in [0.25, 0.3) is 5.91 Å². The molecule has 0 aliphatic carbocycles. The van der Waals surface area contributed by atoms with Crippen LogP contribution in [0.25, 0.3) is 0 Å². The number of carbonyl (C=O) groups excluding carboxylic acids is 5. The highest BCUT2D eigenvalue weighted by molar-refractivity contribution is 6.01. The van der Waals surface area contributed by atoms with Gasteiger partial charge in [-0.05, 0) is 30.7 Å². The number of hydrogen-bond donors (Lipinski definition) is 3. The summed E-state index contributed by atoms with van der Waals surface area (Å²) in [7, 11) is 0. The molecule has 1 aliphatic rings. The van der Waals surface area contributed by atoms with Crippen LogP contribution in [0.3, 0.4) is 0 Å². The molecule has 1 aromatic rings. The Morgan fingerprint density at radius 3 is 2.52 bits per heavy atom. The Morgan fingerprint density at radius 1 is 1.15 bits per heavy atom. The number of urea groups is 1. The van der Waals surface area contributed by atoms with E-state index in [4.69, 9.17) is 4.74 Å². The predicted molar refractivity (Wildman–Crippen MR) is 93.4 cm³/mol. The van der Waals surface area contributed by atoms with Gasteiger partial charge >= 0.3 is 12.0 Å². The van der Waals surface area contributed by atoms with Gasteiger partial charge in [0, 0.05) is 19.4 Å². The Bertz CT molecular complexity index is 746. The molecular formula is C17H20N4O6. The monoisotopic (exact) mass is 376 g/mol. The molecule has 1 aliphatic heterocycles. The first-order chi connectivity index (χ1) is 12.9. The molecule has 0 aromatic heterocycles. The molecule has 0 bridgehead atoms. The summed E-state index contributed by atoms with van der Waals surface area (Å²) in [6.07, 6.45) is 0.966. The van der Waals surface area contributed by atoms with Crippen LogP contribution in [0.1, 0.15) is 36.5 Å². The fourth-order valence-corrected chi connectivity index (χ4v) is 2.19. The average molecular weight is 376 g/mol. The highest BCUT2D eigenvalue weighted by Crippen LogP contribution is 2.18. The molecule has 1 aromatic carbocycles. The molecule has 0 unspecified atom stereocenters. The first kappa shape index (κ1) is 19.9. The average Bonchev–Trinajstić information content (AvgIpc) is 2.66. The van der Waals surface area contributed by atoms with Crippen LogP contribution in [0.4, 0.5) is 10.5 Å². The lowest BCUT2D eigenvalue weighted by atomic mass is 10.2. The van der Waals surface area contributed by atoms with E-state index in [9.17, 15) is 24.0 Å². The van der Waals surface area contributed by atoms with Crippen molar-refractivity contribution in [1.82, 2.24) is 16.1 Å². The van der Waals surface area contributed by atoms with Crippen molar-refractivity contribution in [1.29, 1.82) is 0 Å². The maximum Gasteiger partial charge on any atom is 0.338 e. The van der Waals surface area contributed by atoms with E-state index in [0.717, 1.165) is 11.4 Å². The molecule has 0 radical (unpaired) electrons. The quantitative estimate of drug-likeness (QED) is 0.609. The van der Waals surface area contributed by atoms with Gasteiger partial charge in [-0.2, -0.15) is 0 Å². The molecule has 144 valence electrons.